The quantitative estimate of drug-likeness (QED) is 0.534. The number of nitrogens with zero attached hydrogens (tertiary/aromatic N) is 2. The van der Waals surface area contributed by atoms with Crippen LogP contribution in [0, 0.1) is 0 Å². The molecule has 0 aliphatic carbocycles. The van der Waals surface area contributed by atoms with Crippen LogP contribution in [0.2, 0.25) is 0 Å². The summed E-state index contributed by atoms with van der Waals surface area (Å²) in [6.07, 6.45) is 0.940. The van der Waals surface area contributed by atoms with Gasteiger partial charge in [-0.25, -0.2) is 18.5 Å². The zero-order chi connectivity index (χ0) is 19.6. The third-order valence-corrected chi connectivity index (χ3v) is 5.06. The molecule has 3 aromatic rings. The largest absolute Gasteiger partial charge is 0.439 e. The minimum atomic E-state index is -3.31. The van der Waals surface area contributed by atoms with Crippen molar-refractivity contribution in [3.8, 4) is 22.6 Å². The van der Waals surface area contributed by atoms with Crippen LogP contribution in [0.25, 0.3) is 22.6 Å². The Hall–Kier alpha value is -2.97. The summed E-state index contributed by atoms with van der Waals surface area (Å²) in [5, 5.41) is 9.74. The first kappa shape index (κ1) is 18.8. The topological polar surface area (TPSA) is 101 Å². The number of sulfone groups is 1. The Balaban J connectivity index is 2.07. The number of oxazole rings is 1. The molecule has 0 radical (unpaired) electrons. The lowest BCUT2D eigenvalue weighted by Crippen LogP contribution is -2.24. The van der Waals surface area contributed by atoms with Gasteiger partial charge in [-0.05, 0) is 24.3 Å². The minimum absolute atomic E-state index is 0.155. The number of aromatic nitrogens is 1. The molecule has 27 heavy (non-hydrogen) atoms. The Bertz CT molecular complexity index is 1060. The molecule has 140 valence electrons. The smallest absolute Gasteiger partial charge is 0.254 e. The van der Waals surface area contributed by atoms with E-state index in [4.69, 9.17) is 4.42 Å². The molecule has 1 N–H and O–H groups in total. The molecule has 0 saturated carbocycles. The Morgan fingerprint density at radius 2 is 1.70 bits per heavy atom. The number of carbonyl (C=O) groups is 1. The Labute approximate surface area is 156 Å². The van der Waals surface area contributed by atoms with E-state index < -0.39 is 15.7 Å². The molecule has 0 saturated heterocycles. The van der Waals surface area contributed by atoms with Crippen molar-refractivity contribution in [1.82, 2.24) is 10.0 Å². The summed E-state index contributed by atoms with van der Waals surface area (Å²) in [5.41, 5.74) is 1.95. The highest BCUT2D eigenvalue weighted by atomic mass is 32.2. The van der Waals surface area contributed by atoms with Gasteiger partial charge in [-0.2, -0.15) is 0 Å². The molecule has 1 amide bonds. The fraction of sp³-hybridized carbons (Fsp3) is 0.158. The molecule has 0 atom stereocenters. The van der Waals surface area contributed by atoms with Crippen molar-refractivity contribution in [3.05, 3.63) is 60.5 Å². The van der Waals surface area contributed by atoms with Gasteiger partial charge in [0.25, 0.3) is 5.91 Å². The Morgan fingerprint density at radius 1 is 1.07 bits per heavy atom. The molecule has 7 nitrogen and oxygen atoms in total. The van der Waals surface area contributed by atoms with Gasteiger partial charge in [-0.15, -0.1) is 0 Å². The zero-order valence-electron chi connectivity index (χ0n) is 14.8. The number of benzene rings is 2. The van der Waals surface area contributed by atoms with Crippen LogP contribution in [-0.4, -0.2) is 42.9 Å². The number of carbonyl (C=O) groups excluding carboxylic acids is 1. The molecule has 1 heterocycles. The molecule has 0 aliphatic heterocycles. The number of likely N-dealkylation sites (N-methyl/N-ethyl adjacent to an activating group) is 1. The highest BCUT2D eigenvalue weighted by Gasteiger charge is 2.20. The van der Waals surface area contributed by atoms with Crippen LogP contribution in [0.5, 0.6) is 0 Å². The van der Waals surface area contributed by atoms with E-state index in [1.807, 2.05) is 30.3 Å². The van der Waals surface area contributed by atoms with Crippen LogP contribution in [0.3, 0.4) is 0 Å². The highest BCUT2D eigenvalue weighted by Crippen LogP contribution is 2.33. The van der Waals surface area contributed by atoms with Gasteiger partial charge in [0.05, 0.1) is 4.90 Å². The van der Waals surface area contributed by atoms with Gasteiger partial charge < -0.3 is 4.42 Å². The summed E-state index contributed by atoms with van der Waals surface area (Å²) in [6.45, 7) is 0. The van der Waals surface area contributed by atoms with E-state index in [1.54, 1.807) is 12.1 Å². The fourth-order valence-corrected chi connectivity index (χ4v) is 3.16. The first-order valence-corrected chi connectivity index (χ1v) is 9.96. The Morgan fingerprint density at radius 3 is 2.26 bits per heavy atom. The van der Waals surface area contributed by atoms with Crippen molar-refractivity contribution in [3.63, 3.8) is 0 Å². The second-order valence-corrected chi connectivity index (χ2v) is 8.06. The second kappa shape index (κ2) is 7.34. The van der Waals surface area contributed by atoms with Crippen molar-refractivity contribution in [2.75, 3.05) is 13.3 Å². The summed E-state index contributed by atoms with van der Waals surface area (Å²) >= 11 is 0. The van der Waals surface area contributed by atoms with Crippen molar-refractivity contribution in [2.24, 2.45) is 0 Å². The van der Waals surface area contributed by atoms with Crippen LogP contribution in [0.15, 0.2) is 63.9 Å². The van der Waals surface area contributed by atoms with E-state index in [-0.39, 0.29) is 17.2 Å². The minimum Gasteiger partial charge on any atom is -0.439 e. The molecule has 2 aromatic carbocycles. The lowest BCUT2D eigenvalue weighted by Gasteiger charge is -2.05. The predicted octanol–water partition coefficient (Wildman–Crippen LogP) is 2.80. The average Bonchev–Trinajstić information content (AvgIpc) is 3.05. The van der Waals surface area contributed by atoms with Gasteiger partial charge in [0, 0.05) is 24.4 Å². The molecule has 1 aromatic heterocycles. The highest BCUT2D eigenvalue weighted by molar-refractivity contribution is 7.90. The normalized spacial score (nSPS) is 11.4. The molecule has 0 aliphatic rings. The Kier molecular flexibility index (Phi) is 5.11. The molecule has 3 rings (SSSR count). The first-order chi connectivity index (χ1) is 12.8. The molecule has 0 bridgehead atoms. The van der Waals surface area contributed by atoms with E-state index in [0.29, 0.717) is 22.1 Å². The molecule has 0 fully saturated rings. The van der Waals surface area contributed by atoms with Gasteiger partial charge in [-0.1, -0.05) is 30.3 Å². The number of amides is 1. The van der Waals surface area contributed by atoms with Crippen molar-refractivity contribution in [2.45, 2.75) is 11.3 Å². The monoisotopic (exact) mass is 386 g/mol. The molecule has 8 heteroatoms. The molecule has 0 unspecified atom stereocenters. The summed E-state index contributed by atoms with van der Waals surface area (Å²) < 4.78 is 29.1. The van der Waals surface area contributed by atoms with Crippen LogP contribution in [0.4, 0.5) is 0 Å². The van der Waals surface area contributed by atoms with E-state index in [1.165, 1.54) is 19.2 Å². The summed E-state index contributed by atoms with van der Waals surface area (Å²) in [5.74, 6) is 0.0152. The average molecular weight is 386 g/mol. The maximum Gasteiger partial charge on any atom is 0.254 e. The van der Waals surface area contributed by atoms with Crippen LogP contribution >= 0.6 is 0 Å². The van der Waals surface area contributed by atoms with E-state index >= 15 is 0 Å². The van der Waals surface area contributed by atoms with Crippen molar-refractivity contribution < 1.29 is 22.8 Å². The summed E-state index contributed by atoms with van der Waals surface area (Å²) in [4.78, 5) is 16.4. The van der Waals surface area contributed by atoms with Crippen molar-refractivity contribution in [1.29, 1.82) is 0 Å². The first-order valence-electron chi connectivity index (χ1n) is 8.07. The zero-order valence-corrected chi connectivity index (χ0v) is 15.6. The van der Waals surface area contributed by atoms with Crippen LogP contribution in [0.1, 0.15) is 5.89 Å². The number of hydrogen-bond donors (Lipinski definition) is 1. The summed E-state index contributed by atoms with van der Waals surface area (Å²) in [7, 11) is -2.08. The number of hydroxylamine groups is 2. The number of rotatable bonds is 5. The van der Waals surface area contributed by atoms with Gasteiger partial charge >= 0.3 is 0 Å². The summed E-state index contributed by atoms with van der Waals surface area (Å²) in [6, 6.07) is 15.5. The standard InChI is InChI=1S/C19H18N2O5S/c1-21(23)17(22)12-16-20-18(13-6-4-3-5-7-13)19(26-16)14-8-10-15(11-9-14)27(2,24)25/h3-11,23H,12H2,1-2H3. The van der Waals surface area contributed by atoms with E-state index in [0.717, 1.165) is 11.8 Å². The van der Waals surface area contributed by atoms with Crippen LogP contribution < -0.4 is 0 Å². The van der Waals surface area contributed by atoms with Gasteiger partial charge in [0.2, 0.25) is 5.89 Å². The maximum absolute atomic E-state index is 11.8. The van der Waals surface area contributed by atoms with E-state index in [2.05, 4.69) is 4.98 Å². The lowest BCUT2D eigenvalue weighted by molar-refractivity contribution is -0.158. The van der Waals surface area contributed by atoms with Crippen molar-refractivity contribution >= 4 is 15.7 Å². The molecular formula is C19H18N2O5S. The lowest BCUT2D eigenvalue weighted by atomic mass is 10.1. The number of hydrogen-bond acceptors (Lipinski definition) is 6. The van der Waals surface area contributed by atoms with Crippen LogP contribution in [-0.2, 0) is 21.1 Å². The van der Waals surface area contributed by atoms with Gasteiger partial charge in [0.15, 0.2) is 15.6 Å². The third-order valence-electron chi connectivity index (χ3n) is 3.93. The van der Waals surface area contributed by atoms with Gasteiger partial charge in [0.1, 0.15) is 12.1 Å². The van der Waals surface area contributed by atoms with Gasteiger partial charge in [-0.3, -0.25) is 10.0 Å². The van der Waals surface area contributed by atoms with E-state index in [9.17, 15) is 18.4 Å². The second-order valence-electron chi connectivity index (χ2n) is 6.04. The maximum atomic E-state index is 11.8. The predicted molar refractivity (Wildman–Crippen MR) is 98.7 cm³/mol. The molecular weight excluding hydrogens is 368 g/mol. The fourth-order valence-electron chi connectivity index (χ4n) is 2.52. The molecule has 0 spiro atoms. The SMILES string of the molecule is CN(O)C(=O)Cc1nc(-c2ccccc2)c(-c2ccc(S(C)(=O)=O)cc2)o1. The third kappa shape index (κ3) is 4.24.